The second-order valence-electron chi connectivity index (χ2n) is 2.37. The SMILES string of the molecule is C=NC(=N)c1ccc(C)cc1. The normalized spacial score (nSPS) is 9.18. The summed E-state index contributed by atoms with van der Waals surface area (Å²) in [7, 11) is 0. The summed E-state index contributed by atoms with van der Waals surface area (Å²) in [6.07, 6.45) is 0. The van der Waals surface area contributed by atoms with E-state index in [9.17, 15) is 0 Å². The van der Waals surface area contributed by atoms with Gasteiger partial charge in [0.2, 0.25) is 0 Å². The Bertz CT molecular complexity index is 272. The summed E-state index contributed by atoms with van der Waals surface area (Å²) in [5, 5.41) is 7.32. The highest BCUT2D eigenvalue weighted by Gasteiger charge is 1.94. The summed E-state index contributed by atoms with van der Waals surface area (Å²) in [5.41, 5.74) is 2.00. The number of aliphatic imine (C=N–C) groups is 1. The minimum absolute atomic E-state index is 0.227. The van der Waals surface area contributed by atoms with E-state index in [4.69, 9.17) is 5.41 Å². The summed E-state index contributed by atoms with van der Waals surface area (Å²) in [6.45, 7) is 5.29. The van der Waals surface area contributed by atoms with Crippen LogP contribution in [0.25, 0.3) is 0 Å². The molecule has 1 rings (SSSR count). The Hall–Kier alpha value is -1.44. The van der Waals surface area contributed by atoms with Crippen LogP contribution in [-0.2, 0) is 0 Å². The standard InChI is InChI=1S/C9H10N2/c1-7-3-5-8(6-4-7)9(10)11-2/h3-6,10H,2H2,1H3. The lowest BCUT2D eigenvalue weighted by Gasteiger charge is -1.96. The van der Waals surface area contributed by atoms with Crippen molar-refractivity contribution in [2.75, 3.05) is 0 Å². The van der Waals surface area contributed by atoms with Crippen LogP contribution in [0.1, 0.15) is 11.1 Å². The molecule has 0 atom stereocenters. The lowest BCUT2D eigenvalue weighted by Crippen LogP contribution is -1.92. The van der Waals surface area contributed by atoms with Gasteiger partial charge in [-0.05, 0) is 13.6 Å². The first-order valence-corrected chi connectivity index (χ1v) is 3.36. The summed E-state index contributed by atoms with van der Waals surface area (Å²) in [5.74, 6) is 0.227. The molecule has 0 unspecified atom stereocenters. The maximum absolute atomic E-state index is 7.32. The zero-order valence-corrected chi connectivity index (χ0v) is 6.46. The maximum atomic E-state index is 7.32. The number of nitrogens with one attached hydrogen (secondary N) is 1. The van der Waals surface area contributed by atoms with Gasteiger partial charge in [-0.15, -0.1) is 0 Å². The smallest absolute Gasteiger partial charge is 0.151 e. The molecule has 0 saturated carbocycles. The van der Waals surface area contributed by atoms with Crippen LogP contribution in [0.5, 0.6) is 0 Å². The number of aryl methyl sites for hydroxylation is 1. The van der Waals surface area contributed by atoms with Crippen molar-refractivity contribution >= 4 is 12.6 Å². The number of hydrogen-bond acceptors (Lipinski definition) is 1. The van der Waals surface area contributed by atoms with Crippen LogP contribution in [0.2, 0.25) is 0 Å². The Labute approximate surface area is 66.1 Å². The van der Waals surface area contributed by atoms with E-state index < -0.39 is 0 Å². The predicted octanol–water partition coefficient (Wildman–Crippen LogP) is 2.02. The molecule has 0 fully saturated rings. The quantitative estimate of drug-likeness (QED) is 0.465. The van der Waals surface area contributed by atoms with Crippen LogP contribution in [0.15, 0.2) is 29.3 Å². The fourth-order valence-electron chi connectivity index (χ4n) is 0.803. The van der Waals surface area contributed by atoms with E-state index in [1.165, 1.54) is 5.56 Å². The summed E-state index contributed by atoms with van der Waals surface area (Å²) in [6, 6.07) is 7.64. The average Bonchev–Trinajstić information content (AvgIpc) is 2.05. The Morgan fingerprint density at radius 1 is 1.36 bits per heavy atom. The summed E-state index contributed by atoms with van der Waals surface area (Å²) >= 11 is 0. The zero-order valence-electron chi connectivity index (χ0n) is 6.46. The number of hydrogen-bond donors (Lipinski definition) is 1. The largest absolute Gasteiger partial charge is 0.282 e. The van der Waals surface area contributed by atoms with Crippen molar-refractivity contribution in [2.24, 2.45) is 4.99 Å². The van der Waals surface area contributed by atoms with Gasteiger partial charge in [0.1, 0.15) is 0 Å². The van der Waals surface area contributed by atoms with Crippen molar-refractivity contribution in [1.82, 2.24) is 0 Å². The average molecular weight is 146 g/mol. The molecular weight excluding hydrogens is 136 g/mol. The third-order valence-electron chi connectivity index (χ3n) is 1.48. The Morgan fingerprint density at radius 2 is 1.91 bits per heavy atom. The molecule has 0 bridgehead atoms. The monoisotopic (exact) mass is 146 g/mol. The van der Waals surface area contributed by atoms with Gasteiger partial charge >= 0.3 is 0 Å². The van der Waals surface area contributed by atoms with Gasteiger partial charge in [0.15, 0.2) is 5.84 Å². The summed E-state index contributed by atoms with van der Waals surface area (Å²) < 4.78 is 0. The topological polar surface area (TPSA) is 36.2 Å². The molecule has 0 saturated heterocycles. The van der Waals surface area contributed by atoms with E-state index in [1.54, 1.807) is 0 Å². The predicted molar refractivity (Wildman–Crippen MR) is 47.6 cm³/mol. The molecule has 0 aliphatic carbocycles. The molecule has 0 aliphatic heterocycles. The van der Waals surface area contributed by atoms with Crippen LogP contribution in [0, 0.1) is 12.3 Å². The first-order chi connectivity index (χ1) is 5.24. The van der Waals surface area contributed by atoms with E-state index in [1.807, 2.05) is 31.2 Å². The molecule has 0 amide bonds. The van der Waals surface area contributed by atoms with E-state index in [2.05, 4.69) is 11.7 Å². The van der Waals surface area contributed by atoms with E-state index in [0.717, 1.165) is 5.56 Å². The number of benzene rings is 1. The van der Waals surface area contributed by atoms with Crippen molar-refractivity contribution < 1.29 is 0 Å². The lowest BCUT2D eigenvalue weighted by molar-refractivity contribution is 1.40. The third kappa shape index (κ3) is 1.74. The van der Waals surface area contributed by atoms with Crippen LogP contribution in [-0.4, -0.2) is 12.6 Å². The Balaban J connectivity index is 2.98. The molecular formula is C9H10N2. The van der Waals surface area contributed by atoms with Gasteiger partial charge in [-0.2, -0.15) is 0 Å². The van der Waals surface area contributed by atoms with Crippen molar-refractivity contribution in [3.63, 3.8) is 0 Å². The van der Waals surface area contributed by atoms with Gasteiger partial charge in [-0.1, -0.05) is 29.8 Å². The molecule has 0 radical (unpaired) electrons. The fraction of sp³-hybridized carbons (Fsp3) is 0.111. The van der Waals surface area contributed by atoms with Gasteiger partial charge in [0, 0.05) is 5.56 Å². The Morgan fingerprint density at radius 3 is 2.36 bits per heavy atom. The number of rotatable bonds is 1. The second kappa shape index (κ2) is 3.10. The molecule has 0 heterocycles. The molecule has 2 nitrogen and oxygen atoms in total. The van der Waals surface area contributed by atoms with Crippen LogP contribution >= 0.6 is 0 Å². The first kappa shape index (κ1) is 7.66. The number of amidine groups is 1. The van der Waals surface area contributed by atoms with Crippen LogP contribution in [0.3, 0.4) is 0 Å². The molecule has 11 heavy (non-hydrogen) atoms. The molecule has 1 aromatic carbocycles. The van der Waals surface area contributed by atoms with E-state index in [0.29, 0.717) is 0 Å². The van der Waals surface area contributed by atoms with E-state index in [-0.39, 0.29) is 5.84 Å². The second-order valence-corrected chi connectivity index (χ2v) is 2.37. The van der Waals surface area contributed by atoms with Gasteiger partial charge in [0.25, 0.3) is 0 Å². The summed E-state index contributed by atoms with van der Waals surface area (Å²) in [4.78, 5) is 3.52. The van der Waals surface area contributed by atoms with Crippen molar-refractivity contribution in [1.29, 1.82) is 5.41 Å². The minimum Gasteiger partial charge on any atom is -0.282 e. The van der Waals surface area contributed by atoms with Gasteiger partial charge in [-0.3, -0.25) is 5.41 Å². The lowest BCUT2D eigenvalue weighted by atomic mass is 10.1. The molecule has 1 aromatic rings. The van der Waals surface area contributed by atoms with Crippen molar-refractivity contribution in [3.8, 4) is 0 Å². The highest BCUT2D eigenvalue weighted by Crippen LogP contribution is 2.03. The van der Waals surface area contributed by atoms with Crippen LogP contribution in [0.4, 0.5) is 0 Å². The number of nitrogens with zero attached hydrogens (tertiary/aromatic N) is 1. The van der Waals surface area contributed by atoms with Crippen molar-refractivity contribution in [2.45, 2.75) is 6.92 Å². The fourth-order valence-corrected chi connectivity index (χ4v) is 0.803. The highest BCUT2D eigenvalue weighted by atomic mass is 14.8. The first-order valence-electron chi connectivity index (χ1n) is 3.36. The highest BCUT2D eigenvalue weighted by molar-refractivity contribution is 5.98. The molecule has 0 aromatic heterocycles. The molecule has 56 valence electrons. The van der Waals surface area contributed by atoms with E-state index >= 15 is 0 Å². The van der Waals surface area contributed by atoms with Crippen molar-refractivity contribution in [3.05, 3.63) is 35.4 Å². The van der Waals surface area contributed by atoms with Gasteiger partial charge in [0.05, 0.1) is 0 Å². The van der Waals surface area contributed by atoms with Crippen LogP contribution < -0.4 is 0 Å². The van der Waals surface area contributed by atoms with Gasteiger partial charge < -0.3 is 0 Å². The third-order valence-corrected chi connectivity index (χ3v) is 1.48. The zero-order chi connectivity index (χ0) is 8.27. The molecule has 2 heteroatoms. The minimum atomic E-state index is 0.227. The molecule has 0 spiro atoms. The molecule has 0 aliphatic rings. The maximum Gasteiger partial charge on any atom is 0.151 e. The molecule has 1 N–H and O–H groups in total. The Kier molecular flexibility index (Phi) is 2.16. The van der Waals surface area contributed by atoms with Gasteiger partial charge in [-0.25, -0.2) is 4.99 Å².